The minimum atomic E-state index is -0.284. The molecule has 92 valence electrons. The summed E-state index contributed by atoms with van der Waals surface area (Å²) in [6, 6.07) is 7.36. The van der Waals surface area contributed by atoms with Gasteiger partial charge >= 0.3 is 5.97 Å². The van der Waals surface area contributed by atoms with Gasteiger partial charge in [0.25, 0.3) is 0 Å². The highest BCUT2D eigenvalue weighted by atomic mass is 16.5. The molecule has 0 aliphatic heterocycles. The fourth-order valence-electron chi connectivity index (χ4n) is 1.26. The monoisotopic (exact) mass is 233 g/mol. The summed E-state index contributed by atoms with van der Waals surface area (Å²) in [6.45, 7) is 4.27. The van der Waals surface area contributed by atoms with Gasteiger partial charge in [-0.2, -0.15) is 0 Å². The van der Waals surface area contributed by atoms with Crippen molar-refractivity contribution in [3.63, 3.8) is 0 Å². The van der Waals surface area contributed by atoms with Crippen LogP contribution in [0.15, 0.2) is 35.9 Å². The summed E-state index contributed by atoms with van der Waals surface area (Å²) < 4.78 is 5.11. The summed E-state index contributed by atoms with van der Waals surface area (Å²) in [4.78, 5) is 13.6. The SMILES string of the molecule is CC(C)=CCOC(=O)c1ccc(N(C)C)cc1. The third-order valence-corrected chi connectivity index (χ3v) is 2.33. The van der Waals surface area contributed by atoms with Crippen LogP contribution in [-0.2, 0) is 4.74 Å². The van der Waals surface area contributed by atoms with E-state index in [1.807, 2.05) is 51.1 Å². The van der Waals surface area contributed by atoms with E-state index < -0.39 is 0 Å². The van der Waals surface area contributed by atoms with Gasteiger partial charge in [0.2, 0.25) is 0 Å². The average Bonchev–Trinajstić information content (AvgIpc) is 2.28. The maximum Gasteiger partial charge on any atom is 0.338 e. The number of ether oxygens (including phenoxy) is 1. The number of hydrogen-bond acceptors (Lipinski definition) is 3. The molecule has 0 aliphatic rings. The molecular formula is C14H19NO2. The Hall–Kier alpha value is -1.77. The van der Waals surface area contributed by atoms with Crippen LogP contribution in [0.2, 0.25) is 0 Å². The van der Waals surface area contributed by atoms with Gasteiger partial charge in [0, 0.05) is 19.8 Å². The highest BCUT2D eigenvalue weighted by molar-refractivity contribution is 5.89. The first-order valence-corrected chi connectivity index (χ1v) is 5.58. The third kappa shape index (κ3) is 4.31. The summed E-state index contributed by atoms with van der Waals surface area (Å²) in [6.07, 6.45) is 1.88. The van der Waals surface area contributed by atoms with Crippen LogP contribution in [0.4, 0.5) is 5.69 Å². The fraction of sp³-hybridized carbons (Fsp3) is 0.357. The number of allylic oxidation sites excluding steroid dienone is 1. The zero-order chi connectivity index (χ0) is 12.8. The maximum absolute atomic E-state index is 11.6. The van der Waals surface area contributed by atoms with E-state index in [-0.39, 0.29) is 5.97 Å². The zero-order valence-corrected chi connectivity index (χ0v) is 10.9. The topological polar surface area (TPSA) is 29.5 Å². The number of anilines is 1. The molecule has 0 aliphatic carbocycles. The van der Waals surface area contributed by atoms with Crippen LogP contribution in [-0.4, -0.2) is 26.7 Å². The molecule has 0 saturated carbocycles. The molecule has 0 aromatic heterocycles. The number of hydrogen-bond donors (Lipinski definition) is 0. The second kappa shape index (κ2) is 6.09. The van der Waals surface area contributed by atoms with Crippen molar-refractivity contribution in [3.05, 3.63) is 41.5 Å². The van der Waals surface area contributed by atoms with E-state index in [0.717, 1.165) is 11.3 Å². The van der Waals surface area contributed by atoms with Crippen molar-refractivity contribution in [1.82, 2.24) is 0 Å². The molecule has 0 atom stereocenters. The standard InChI is InChI=1S/C14H19NO2/c1-11(2)9-10-17-14(16)12-5-7-13(8-6-12)15(3)4/h5-9H,10H2,1-4H3. The molecule has 0 saturated heterocycles. The predicted molar refractivity (Wildman–Crippen MR) is 70.5 cm³/mol. The van der Waals surface area contributed by atoms with Crippen LogP contribution >= 0.6 is 0 Å². The predicted octanol–water partition coefficient (Wildman–Crippen LogP) is 2.88. The van der Waals surface area contributed by atoms with Crippen LogP contribution in [0.1, 0.15) is 24.2 Å². The maximum atomic E-state index is 11.6. The Morgan fingerprint density at radius 3 is 2.29 bits per heavy atom. The number of carbonyl (C=O) groups excluding carboxylic acids is 1. The Morgan fingerprint density at radius 1 is 1.24 bits per heavy atom. The number of rotatable bonds is 4. The van der Waals surface area contributed by atoms with Crippen LogP contribution in [0.3, 0.4) is 0 Å². The molecule has 3 heteroatoms. The van der Waals surface area contributed by atoms with Gasteiger partial charge in [0.05, 0.1) is 5.56 Å². The largest absolute Gasteiger partial charge is 0.458 e. The van der Waals surface area contributed by atoms with E-state index in [9.17, 15) is 4.79 Å². The van der Waals surface area contributed by atoms with E-state index >= 15 is 0 Å². The van der Waals surface area contributed by atoms with Crippen molar-refractivity contribution in [3.8, 4) is 0 Å². The molecule has 0 N–H and O–H groups in total. The van der Waals surface area contributed by atoms with Crippen LogP contribution in [0.25, 0.3) is 0 Å². The summed E-state index contributed by atoms with van der Waals surface area (Å²) in [5.74, 6) is -0.284. The van der Waals surface area contributed by atoms with Crippen molar-refractivity contribution < 1.29 is 9.53 Å². The lowest BCUT2D eigenvalue weighted by Gasteiger charge is -2.12. The van der Waals surface area contributed by atoms with Crippen molar-refractivity contribution in [2.24, 2.45) is 0 Å². The first-order chi connectivity index (χ1) is 8.00. The van der Waals surface area contributed by atoms with Crippen LogP contribution in [0.5, 0.6) is 0 Å². The van der Waals surface area contributed by atoms with Gasteiger partial charge in [-0.25, -0.2) is 4.79 Å². The molecule has 1 aromatic rings. The molecule has 0 radical (unpaired) electrons. The van der Waals surface area contributed by atoms with E-state index in [0.29, 0.717) is 12.2 Å². The number of esters is 1. The van der Waals surface area contributed by atoms with Crippen molar-refractivity contribution in [1.29, 1.82) is 0 Å². The summed E-state index contributed by atoms with van der Waals surface area (Å²) in [7, 11) is 3.92. The lowest BCUT2D eigenvalue weighted by atomic mass is 10.2. The quantitative estimate of drug-likeness (QED) is 0.591. The summed E-state index contributed by atoms with van der Waals surface area (Å²) in [5.41, 5.74) is 2.78. The highest BCUT2D eigenvalue weighted by Gasteiger charge is 2.06. The highest BCUT2D eigenvalue weighted by Crippen LogP contribution is 2.12. The molecule has 0 bridgehead atoms. The molecule has 1 rings (SSSR count). The minimum absolute atomic E-state index is 0.284. The van der Waals surface area contributed by atoms with E-state index in [1.54, 1.807) is 12.1 Å². The molecule has 1 aromatic carbocycles. The second-order valence-electron chi connectivity index (χ2n) is 4.32. The van der Waals surface area contributed by atoms with E-state index in [2.05, 4.69) is 0 Å². The normalized spacial score (nSPS) is 9.65. The number of benzene rings is 1. The number of nitrogens with zero attached hydrogens (tertiary/aromatic N) is 1. The lowest BCUT2D eigenvalue weighted by molar-refractivity contribution is 0.0549. The fourth-order valence-corrected chi connectivity index (χ4v) is 1.26. The Kier molecular flexibility index (Phi) is 4.76. The average molecular weight is 233 g/mol. The molecule has 3 nitrogen and oxygen atoms in total. The van der Waals surface area contributed by atoms with Gasteiger partial charge in [0.1, 0.15) is 6.61 Å². The van der Waals surface area contributed by atoms with E-state index in [4.69, 9.17) is 4.74 Å². The van der Waals surface area contributed by atoms with Gasteiger partial charge in [-0.15, -0.1) is 0 Å². The van der Waals surface area contributed by atoms with Crippen molar-refractivity contribution in [2.45, 2.75) is 13.8 Å². The van der Waals surface area contributed by atoms with Crippen molar-refractivity contribution in [2.75, 3.05) is 25.6 Å². The first-order valence-electron chi connectivity index (χ1n) is 5.58. The van der Waals surface area contributed by atoms with Gasteiger partial charge in [0.15, 0.2) is 0 Å². The van der Waals surface area contributed by atoms with Crippen molar-refractivity contribution >= 4 is 11.7 Å². The summed E-state index contributed by atoms with van der Waals surface area (Å²) in [5, 5.41) is 0. The molecule has 0 amide bonds. The minimum Gasteiger partial charge on any atom is -0.458 e. The van der Waals surface area contributed by atoms with E-state index in [1.165, 1.54) is 0 Å². The molecular weight excluding hydrogens is 214 g/mol. The Balaban J connectivity index is 2.61. The Bertz CT molecular complexity index is 401. The second-order valence-corrected chi connectivity index (χ2v) is 4.32. The summed E-state index contributed by atoms with van der Waals surface area (Å²) >= 11 is 0. The van der Waals surface area contributed by atoms with Gasteiger partial charge < -0.3 is 9.64 Å². The Morgan fingerprint density at radius 2 is 1.82 bits per heavy atom. The van der Waals surface area contributed by atoms with Gasteiger partial charge in [-0.05, 0) is 44.2 Å². The molecule has 0 spiro atoms. The van der Waals surface area contributed by atoms with Crippen LogP contribution in [0, 0.1) is 0 Å². The zero-order valence-electron chi connectivity index (χ0n) is 10.9. The number of carbonyl (C=O) groups is 1. The molecule has 0 heterocycles. The van der Waals surface area contributed by atoms with Crippen LogP contribution < -0.4 is 4.90 Å². The third-order valence-electron chi connectivity index (χ3n) is 2.33. The smallest absolute Gasteiger partial charge is 0.338 e. The Labute approximate surface area is 103 Å². The molecule has 17 heavy (non-hydrogen) atoms. The molecule has 0 unspecified atom stereocenters. The van der Waals surface area contributed by atoms with Gasteiger partial charge in [-0.1, -0.05) is 5.57 Å². The lowest BCUT2D eigenvalue weighted by Crippen LogP contribution is -2.09. The van der Waals surface area contributed by atoms with Gasteiger partial charge in [-0.3, -0.25) is 0 Å². The molecule has 0 fully saturated rings. The first kappa shape index (κ1) is 13.3.